The highest BCUT2D eigenvalue weighted by Gasteiger charge is 2.97. The van der Waals surface area contributed by atoms with Crippen LogP contribution >= 0.6 is 11.8 Å². The average Bonchev–Trinajstić information content (AvgIpc) is 2.68. The molecule has 0 aromatic carbocycles. The number of carboxylic acids is 1. The van der Waals surface area contributed by atoms with Crippen LogP contribution in [0.25, 0.3) is 0 Å². The first-order chi connectivity index (χ1) is 16.2. The quantitative estimate of drug-likeness (QED) is 0.168. The molecule has 0 aliphatic carbocycles. The highest BCUT2D eigenvalue weighted by molar-refractivity contribution is 7.99. The molecular weight excluding hydrogens is 631 g/mol. The maximum Gasteiger partial charge on any atom is 0.460 e. The van der Waals surface area contributed by atoms with Gasteiger partial charge in [-0.3, -0.25) is 4.79 Å². The third-order valence-corrected chi connectivity index (χ3v) is 5.31. The summed E-state index contributed by atoms with van der Waals surface area (Å²) in [6, 6.07) is 0. The van der Waals surface area contributed by atoms with Crippen LogP contribution in [0.15, 0.2) is 0 Å². The number of carboxylic acid groups (broad SMARTS) is 1. The van der Waals surface area contributed by atoms with E-state index in [0.29, 0.717) is 0 Å². The summed E-state index contributed by atoms with van der Waals surface area (Å²) in [5, 5.41) is 8.17. The smallest absolute Gasteiger partial charge is 0.460 e. The summed E-state index contributed by atoms with van der Waals surface area (Å²) >= 11 is -0.316. The van der Waals surface area contributed by atoms with Crippen molar-refractivity contribution in [2.75, 3.05) is 11.5 Å². The second-order valence-corrected chi connectivity index (χ2v) is 8.10. The van der Waals surface area contributed by atoms with E-state index in [2.05, 4.69) is 0 Å². The fourth-order valence-electron chi connectivity index (χ4n) is 2.11. The van der Waals surface area contributed by atoms with Gasteiger partial charge in [-0.15, -0.1) is 11.8 Å². The Balaban J connectivity index is 6.76. The minimum absolute atomic E-state index is 0.316. The Morgan fingerprint density at radius 3 is 1.00 bits per heavy atom. The van der Waals surface area contributed by atoms with E-state index in [9.17, 15) is 97.0 Å². The minimum atomic E-state index is -9.20. The van der Waals surface area contributed by atoms with E-state index in [4.69, 9.17) is 5.11 Å². The van der Waals surface area contributed by atoms with Crippen molar-refractivity contribution < 1.29 is 102 Å². The molecule has 0 amide bonds. The second kappa shape index (κ2) is 9.77. The van der Waals surface area contributed by atoms with Gasteiger partial charge >= 0.3 is 65.4 Å². The summed E-state index contributed by atoms with van der Waals surface area (Å²) in [6.07, 6.45) is -10.8. The number of hydrogen-bond acceptors (Lipinski definition) is 2. The molecule has 24 heteroatoms. The third kappa shape index (κ3) is 5.01. The molecule has 0 aromatic heterocycles. The summed E-state index contributed by atoms with van der Waals surface area (Å²) in [5.74, 6) is -82.0. The summed E-state index contributed by atoms with van der Waals surface area (Å²) in [6.45, 7) is 0. The van der Waals surface area contributed by atoms with E-state index in [-0.39, 0.29) is 11.8 Å². The van der Waals surface area contributed by atoms with Crippen molar-refractivity contribution in [1.29, 1.82) is 0 Å². The molecule has 0 rings (SSSR count). The van der Waals surface area contributed by atoms with Crippen LogP contribution in [0.5, 0.6) is 0 Å². The number of halogens is 21. The van der Waals surface area contributed by atoms with Crippen LogP contribution < -0.4 is 0 Å². The van der Waals surface area contributed by atoms with Crippen LogP contribution in [0.2, 0.25) is 0 Å². The lowest BCUT2D eigenvalue weighted by atomic mass is 9.86. The van der Waals surface area contributed by atoms with E-state index < -0.39 is 83.4 Å². The van der Waals surface area contributed by atoms with Crippen LogP contribution in [0.4, 0.5) is 92.2 Å². The summed E-state index contributed by atoms with van der Waals surface area (Å²) in [7, 11) is 0. The normalized spacial score (nSPS) is 16.1. The first-order valence-corrected chi connectivity index (χ1v) is 9.59. The zero-order chi connectivity index (χ0) is 31.4. The van der Waals surface area contributed by atoms with E-state index in [1.807, 2.05) is 0 Å². The first-order valence-electron chi connectivity index (χ1n) is 8.43. The highest BCUT2D eigenvalue weighted by Crippen LogP contribution is 2.66. The van der Waals surface area contributed by atoms with Gasteiger partial charge in [-0.1, -0.05) is 0 Å². The summed E-state index contributed by atoms with van der Waals surface area (Å²) in [4.78, 5) is 10.1. The molecule has 0 spiro atoms. The van der Waals surface area contributed by atoms with Gasteiger partial charge in [0.25, 0.3) is 0 Å². The zero-order valence-electron chi connectivity index (χ0n) is 16.8. The number of aliphatic carboxylic acids is 1. The number of rotatable bonds is 13. The lowest BCUT2D eigenvalue weighted by Gasteiger charge is -2.44. The van der Waals surface area contributed by atoms with Crippen LogP contribution in [0.1, 0.15) is 6.42 Å². The van der Waals surface area contributed by atoms with Crippen molar-refractivity contribution in [3.63, 3.8) is 0 Å². The van der Waals surface area contributed by atoms with E-state index in [1.54, 1.807) is 0 Å². The molecule has 0 fully saturated rings. The van der Waals surface area contributed by atoms with Gasteiger partial charge in [0.2, 0.25) is 0 Å². The third-order valence-electron chi connectivity index (χ3n) is 4.36. The van der Waals surface area contributed by atoms with Crippen molar-refractivity contribution in [1.82, 2.24) is 0 Å². The Bertz CT molecular complexity index is 860. The predicted molar refractivity (Wildman–Crippen MR) is 80.2 cm³/mol. The maximum absolute atomic E-state index is 13.6. The van der Waals surface area contributed by atoms with Crippen molar-refractivity contribution in [3.05, 3.63) is 0 Å². The lowest BCUT2D eigenvalue weighted by molar-refractivity contribution is -0.474. The molecule has 0 radical (unpaired) electrons. The van der Waals surface area contributed by atoms with Gasteiger partial charge in [0.05, 0.1) is 5.75 Å². The number of carbonyl (C=O) groups is 1. The molecule has 0 aliphatic rings. The summed E-state index contributed by atoms with van der Waals surface area (Å²) < 4.78 is 276. The van der Waals surface area contributed by atoms with E-state index in [1.165, 1.54) is 0 Å². The molecule has 0 saturated heterocycles. The van der Waals surface area contributed by atoms with Crippen molar-refractivity contribution >= 4 is 17.7 Å². The first kappa shape index (κ1) is 36.4. The van der Waals surface area contributed by atoms with E-state index in [0.717, 1.165) is 0 Å². The molecule has 228 valence electrons. The second-order valence-electron chi connectivity index (χ2n) is 6.99. The molecule has 0 bridgehead atoms. The van der Waals surface area contributed by atoms with Gasteiger partial charge in [0.15, 0.2) is 0 Å². The Morgan fingerprint density at radius 1 is 0.474 bits per heavy atom. The van der Waals surface area contributed by atoms with Crippen LogP contribution in [0, 0.1) is 0 Å². The molecule has 38 heavy (non-hydrogen) atoms. The summed E-state index contributed by atoms with van der Waals surface area (Å²) in [5.41, 5.74) is 0. The molecule has 1 N–H and O–H groups in total. The SMILES string of the molecule is O=C(O)CSCCC(F)(F)C(F)(F)C(F)(F)C(F)(F)C(F)(F)C(F)(F)C(F)(F)C(F)(F)C(F)(F)C(F)(F)F. The molecule has 0 atom stereocenters. The Kier molecular flexibility index (Phi) is 9.34. The molecule has 0 aromatic rings. The lowest BCUT2D eigenvalue weighted by Crippen LogP contribution is -2.76. The molecule has 0 aliphatic heterocycles. The molecule has 0 unspecified atom stereocenters. The van der Waals surface area contributed by atoms with Crippen molar-refractivity contribution in [2.24, 2.45) is 0 Å². The fraction of sp³-hybridized carbons (Fsp3) is 0.929. The number of hydrogen-bond donors (Lipinski definition) is 1. The van der Waals surface area contributed by atoms with Gasteiger partial charge in [-0.2, -0.15) is 92.2 Å². The van der Waals surface area contributed by atoms with Crippen LogP contribution in [0.3, 0.4) is 0 Å². The van der Waals surface area contributed by atoms with Gasteiger partial charge in [0, 0.05) is 6.42 Å². The fourth-order valence-corrected chi connectivity index (χ4v) is 2.83. The van der Waals surface area contributed by atoms with E-state index >= 15 is 0 Å². The van der Waals surface area contributed by atoms with Crippen LogP contribution in [-0.4, -0.2) is 82.1 Å². The average molecular weight is 638 g/mol. The van der Waals surface area contributed by atoms with Crippen molar-refractivity contribution in [2.45, 2.75) is 65.9 Å². The number of alkyl halides is 21. The Labute approximate surface area is 198 Å². The minimum Gasteiger partial charge on any atom is -0.481 e. The van der Waals surface area contributed by atoms with Crippen molar-refractivity contribution in [3.8, 4) is 0 Å². The topological polar surface area (TPSA) is 37.3 Å². The maximum atomic E-state index is 13.6. The van der Waals surface area contributed by atoms with Gasteiger partial charge in [-0.25, -0.2) is 0 Å². The molecular formula is C14H7F21O2S. The van der Waals surface area contributed by atoms with Gasteiger partial charge < -0.3 is 5.11 Å². The molecule has 2 nitrogen and oxygen atoms in total. The predicted octanol–water partition coefficient (Wildman–Crippen LogP) is 7.47. The van der Waals surface area contributed by atoms with Crippen LogP contribution in [-0.2, 0) is 4.79 Å². The van der Waals surface area contributed by atoms with Gasteiger partial charge in [0.1, 0.15) is 0 Å². The largest absolute Gasteiger partial charge is 0.481 e. The Hall–Kier alpha value is -1.65. The van der Waals surface area contributed by atoms with Gasteiger partial charge in [-0.05, 0) is 5.75 Å². The number of thioether (sulfide) groups is 1. The molecule has 0 saturated carbocycles. The Morgan fingerprint density at radius 2 is 0.737 bits per heavy atom. The standard InChI is InChI=1S/C14H7F21O2S/c15-5(16,1-2-38-3-4(36)37)6(17,18)7(19,20)8(21,22)9(23,24)10(25,26)11(27,28)12(29,30)13(31,32)14(33,34)35/h1-3H2,(H,36,37). The molecule has 0 heterocycles. The zero-order valence-corrected chi connectivity index (χ0v) is 17.6. The monoisotopic (exact) mass is 638 g/mol. The highest BCUT2D eigenvalue weighted by atomic mass is 32.2.